The lowest BCUT2D eigenvalue weighted by molar-refractivity contribution is -0.138. The van der Waals surface area contributed by atoms with Crippen molar-refractivity contribution in [2.24, 2.45) is 0 Å². The van der Waals surface area contributed by atoms with Gasteiger partial charge in [-0.05, 0) is 20.8 Å². The molecular weight excluding hydrogens is 201 g/mol. The maximum Gasteiger partial charge on any atom is 0.293 e. The van der Waals surface area contributed by atoms with Crippen LogP contribution in [0, 0.1) is 0 Å². The van der Waals surface area contributed by atoms with Gasteiger partial charge in [-0.1, -0.05) is 0 Å². The summed E-state index contributed by atoms with van der Waals surface area (Å²) in [7, 11) is 0. The Kier molecular flexibility index (Phi) is 6.08. The molecule has 5 heteroatoms. The molecule has 0 radical (unpaired) electrons. The van der Waals surface area contributed by atoms with Crippen molar-refractivity contribution in [2.75, 3.05) is 13.1 Å². The third kappa shape index (κ3) is 8.05. The molecule has 0 aromatic heterocycles. The Bertz CT molecular complexity index is 213. The lowest BCUT2D eigenvalue weighted by atomic mass is 10.1. The minimum absolute atomic E-state index is 0.207. The number of carbonyl (C=O) groups excluding carboxylic acids is 2. The van der Waals surface area contributed by atoms with Crippen molar-refractivity contribution in [3.8, 4) is 0 Å². The number of halogens is 1. The first-order chi connectivity index (χ1) is 6.87. The topological polar surface area (TPSA) is 55.4 Å². The van der Waals surface area contributed by atoms with Crippen molar-refractivity contribution in [2.45, 2.75) is 39.0 Å². The average Bonchev–Trinajstić information content (AvgIpc) is 2.09. The van der Waals surface area contributed by atoms with Crippen LogP contribution in [0.1, 0.15) is 27.2 Å². The molecule has 1 saturated heterocycles. The zero-order chi connectivity index (χ0) is 11.9. The fourth-order valence-corrected chi connectivity index (χ4v) is 0.855. The fraction of sp³-hybridized carbons (Fsp3) is 0.800. The summed E-state index contributed by atoms with van der Waals surface area (Å²) in [6.07, 6.45) is -0.898. The first-order valence-electron chi connectivity index (χ1n) is 4.86. The molecule has 0 amide bonds. The summed E-state index contributed by atoms with van der Waals surface area (Å²) < 4.78 is 16.7. The molecule has 0 bridgehead atoms. The van der Waals surface area contributed by atoms with E-state index in [0.29, 0.717) is 19.4 Å². The van der Waals surface area contributed by atoms with E-state index in [4.69, 9.17) is 0 Å². The number of hydrogen-bond donors (Lipinski definition) is 1. The van der Waals surface area contributed by atoms with E-state index >= 15 is 0 Å². The number of ketones is 1. The van der Waals surface area contributed by atoms with Crippen LogP contribution in [0.3, 0.4) is 0 Å². The number of Topliss-reactive ketones (excluding diaryl/α,β-unsaturated/α-hetero) is 1. The minimum atomic E-state index is -1.25. The highest BCUT2D eigenvalue weighted by atomic mass is 19.1. The van der Waals surface area contributed by atoms with Crippen LogP contribution < -0.4 is 5.32 Å². The van der Waals surface area contributed by atoms with Gasteiger partial charge >= 0.3 is 0 Å². The number of ether oxygens (including phenoxy) is 1. The van der Waals surface area contributed by atoms with Gasteiger partial charge in [0.15, 0.2) is 12.0 Å². The maximum absolute atomic E-state index is 12.2. The van der Waals surface area contributed by atoms with Gasteiger partial charge in [-0.25, -0.2) is 4.39 Å². The molecule has 1 rings (SSSR count). The van der Waals surface area contributed by atoms with Crippen LogP contribution in [-0.4, -0.2) is 37.1 Å². The molecule has 0 saturated carbocycles. The highest BCUT2D eigenvalue weighted by Gasteiger charge is 2.19. The highest BCUT2D eigenvalue weighted by molar-refractivity contribution is 5.84. The molecule has 1 heterocycles. The summed E-state index contributed by atoms with van der Waals surface area (Å²) in [6.45, 7) is 6.77. The zero-order valence-electron chi connectivity index (χ0n) is 9.38. The van der Waals surface area contributed by atoms with Gasteiger partial charge in [-0.2, -0.15) is 0 Å². The average molecular weight is 219 g/mol. The molecule has 15 heavy (non-hydrogen) atoms. The van der Waals surface area contributed by atoms with Crippen LogP contribution in [0.2, 0.25) is 0 Å². The Hall–Kier alpha value is -0.970. The van der Waals surface area contributed by atoms with Crippen LogP contribution in [0.15, 0.2) is 0 Å². The fourth-order valence-electron chi connectivity index (χ4n) is 0.855. The Morgan fingerprint density at radius 2 is 2.13 bits per heavy atom. The second kappa shape index (κ2) is 6.50. The maximum atomic E-state index is 12.2. The third-order valence-corrected chi connectivity index (χ3v) is 1.62. The Balaban J connectivity index is 0.000000265. The first kappa shape index (κ1) is 14.0. The smallest absolute Gasteiger partial charge is 0.293 e. The van der Waals surface area contributed by atoms with Crippen molar-refractivity contribution in [1.29, 1.82) is 0 Å². The molecule has 88 valence electrons. The van der Waals surface area contributed by atoms with E-state index in [-0.39, 0.29) is 17.9 Å². The van der Waals surface area contributed by atoms with Crippen LogP contribution in [0.4, 0.5) is 4.39 Å². The molecule has 0 aromatic carbocycles. The van der Waals surface area contributed by atoms with E-state index in [1.165, 1.54) is 0 Å². The monoisotopic (exact) mass is 219 g/mol. The summed E-state index contributed by atoms with van der Waals surface area (Å²) in [6, 6.07) is 0. The van der Waals surface area contributed by atoms with Gasteiger partial charge in [0.05, 0.1) is 0 Å². The standard InChI is InChI=1S/C5H8FNO.C5H10O2/c6-4-3-7-2-1-5(4)8;1-5(2,3)7-4-6/h4,7H,1-3H2;4H,1-3H3. The van der Waals surface area contributed by atoms with Crippen LogP contribution in [0.25, 0.3) is 0 Å². The van der Waals surface area contributed by atoms with Crippen molar-refractivity contribution in [3.05, 3.63) is 0 Å². The lowest BCUT2D eigenvalue weighted by Gasteiger charge is -2.14. The molecule has 0 spiro atoms. The molecule has 1 fully saturated rings. The van der Waals surface area contributed by atoms with Gasteiger partial charge in [-0.3, -0.25) is 9.59 Å². The molecule has 1 N–H and O–H groups in total. The second-order valence-electron chi connectivity index (χ2n) is 4.21. The zero-order valence-corrected chi connectivity index (χ0v) is 9.38. The van der Waals surface area contributed by atoms with Crippen molar-refractivity contribution in [3.63, 3.8) is 0 Å². The highest BCUT2D eigenvalue weighted by Crippen LogP contribution is 2.02. The number of piperidine rings is 1. The normalized spacial score (nSPS) is 21.3. The summed E-state index contributed by atoms with van der Waals surface area (Å²) in [5, 5.41) is 2.77. The molecule has 0 aromatic rings. The number of alkyl halides is 1. The van der Waals surface area contributed by atoms with Crippen LogP contribution in [-0.2, 0) is 14.3 Å². The first-order valence-corrected chi connectivity index (χ1v) is 4.86. The van der Waals surface area contributed by atoms with E-state index in [0.717, 1.165) is 0 Å². The van der Waals surface area contributed by atoms with E-state index < -0.39 is 6.17 Å². The summed E-state index contributed by atoms with van der Waals surface area (Å²) in [5.74, 6) is -0.260. The van der Waals surface area contributed by atoms with Crippen LogP contribution in [0.5, 0.6) is 0 Å². The van der Waals surface area contributed by atoms with E-state index in [1.54, 1.807) is 0 Å². The van der Waals surface area contributed by atoms with Gasteiger partial charge in [-0.15, -0.1) is 0 Å². The second-order valence-corrected chi connectivity index (χ2v) is 4.21. The van der Waals surface area contributed by atoms with E-state index in [1.807, 2.05) is 20.8 Å². The minimum Gasteiger partial charge on any atom is -0.462 e. The van der Waals surface area contributed by atoms with Gasteiger partial charge in [0.2, 0.25) is 0 Å². The van der Waals surface area contributed by atoms with Crippen molar-refractivity contribution in [1.82, 2.24) is 5.32 Å². The quantitative estimate of drug-likeness (QED) is 0.664. The van der Waals surface area contributed by atoms with Gasteiger partial charge in [0.25, 0.3) is 6.47 Å². The summed E-state index contributed by atoms with van der Waals surface area (Å²) in [4.78, 5) is 20.0. The number of nitrogens with one attached hydrogen (secondary N) is 1. The van der Waals surface area contributed by atoms with Crippen molar-refractivity contribution < 1.29 is 18.7 Å². The van der Waals surface area contributed by atoms with Crippen LogP contribution >= 0.6 is 0 Å². The molecule has 1 aliphatic rings. The molecule has 0 aliphatic carbocycles. The van der Waals surface area contributed by atoms with E-state index in [2.05, 4.69) is 10.1 Å². The Labute approximate surface area is 89.2 Å². The SMILES string of the molecule is CC(C)(C)OC=O.O=C1CCNCC1F. The third-order valence-electron chi connectivity index (χ3n) is 1.62. The van der Waals surface area contributed by atoms with E-state index in [9.17, 15) is 14.0 Å². The summed E-state index contributed by atoms with van der Waals surface area (Å²) >= 11 is 0. The number of carbonyl (C=O) groups is 2. The lowest BCUT2D eigenvalue weighted by Crippen LogP contribution is -2.38. The molecule has 4 nitrogen and oxygen atoms in total. The summed E-state index contributed by atoms with van der Waals surface area (Å²) in [5.41, 5.74) is -0.318. The van der Waals surface area contributed by atoms with Gasteiger partial charge in [0.1, 0.15) is 5.60 Å². The molecule has 1 unspecified atom stereocenters. The predicted octanol–water partition coefficient (Wildman–Crippen LogP) is 0.845. The molecular formula is C10H18FNO3. The van der Waals surface area contributed by atoms with Crippen molar-refractivity contribution >= 4 is 12.3 Å². The largest absolute Gasteiger partial charge is 0.462 e. The van der Waals surface area contributed by atoms with Gasteiger partial charge in [0, 0.05) is 19.5 Å². The number of hydrogen-bond acceptors (Lipinski definition) is 4. The number of rotatable bonds is 1. The Morgan fingerprint density at radius 1 is 1.53 bits per heavy atom. The van der Waals surface area contributed by atoms with Gasteiger partial charge < -0.3 is 10.1 Å². The molecule has 1 aliphatic heterocycles. The predicted molar refractivity (Wildman–Crippen MR) is 54.3 cm³/mol. The Morgan fingerprint density at radius 3 is 2.33 bits per heavy atom. The molecule has 1 atom stereocenters.